The lowest BCUT2D eigenvalue weighted by molar-refractivity contribution is -0.0663. The van der Waals surface area contributed by atoms with Gasteiger partial charge < -0.3 is 9.84 Å². The molecule has 19 heavy (non-hydrogen) atoms. The highest BCUT2D eigenvalue weighted by Crippen LogP contribution is 2.66. The van der Waals surface area contributed by atoms with Crippen LogP contribution in [0.25, 0.3) is 0 Å². The topological polar surface area (TPSA) is 97.2 Å². The van der Waals surface area contributed by atoms with Crippen LogP contribution < -0.4 is 11.4 Å². The number of aliphatic hydroxyl groups is 1. The van der Waals surface area contributed by atoms with Crippen molar-refractivity contribution in [3.8, 4) is 12.3 Å². The molecule has 0 aromatic carbocycles. The van der Waals surface area contributed by atoms with Crippen molar-refractivity contribution in [3.63, 3.8) is 0 Å². The fraction of sp³-hybridized carbons (Fsp3) is 0.545. The monoisotopic (exact) mass is 283 g/mol. The molecule has 2 fully saturated rings. The van der Waals surface area contributed by atoms with Crippen LogP contribution >= 0.6 is 11.6 Å². The number of fused-ring (bicyclic) bond motifs is 1. The van der Waals surface area contributed by atoms with E-state index in [2.05, 4.69) is 10.9 Å². The van der Waals surface area contributed by atoms with E-state index in [1.807, 2.05) is 4.98 Å². The molecule has 1 aliphatic carbocycles. The fourth-order valence-electron chi connectivity index (χ4n) is 2.59. The summed E-state index contributed by atoms with van der Waals surface area (Å²) in [5, 5.41) is 9.36. The highest BCUT2D eigenvalue weighted by molar-refractivity contribution is 6.27. The van der Waals surface area contributed by atoms with E-state index in [0.717, 1.165) is 10.9 Å². The number of hydrogen-bond donors (Lipinski definition) is 2. The maximum absolute atomic E-state index is 11.7. The molecule has 1 saturated heterocycles. The zero-order valence-corrected chi connectivity index (χ0v) is 10.4. The molecule has 100 valence electrons. The zero-order chi connectivity index (χ0) is 13.8. The predicted molar refractivity (Wildman–Crippen MR) is 64.6 cm³/mol. The van der Waals surface area contributed by atoms with E-state index in [9.17, 15) is 14.7 Å². The summed E-state index contributed by atoms with van der Waals surface area (Å²) in [4.78, 5) is 26.9. The molecule has 4 atom stereocenters. The molecule has 7 nitrogen and oxygen atoms in total. The largest absolute Gasteiger partial charge is 0.393 e. The molecule has 2 aliphatic rings. The molecule has 0 radical (unpaired) electrons. The fourth-order valence-corrected chi connectivity index (χ4v) is 3.02. The standard InChI is InChI=1S/C11H10ClN3O4/c1-2-11(12)6-3-10(6,4-16)19-7(11)15-5-13-8(17)14-9(15)18/h1,5-7,16H,3-4H2,(H,14,17,18)/t6?,7-,10?,11?/m1/s1. The molecule has 1 aromatic rings. The van der Waals surface area contributed by atoms with Gasteiger partial charge in [0.05, 0.1) is 6.61 Å². The first-order valence-corrected chi connectivity index (χ1v) is 5.97. The van der Waals surface area contributed by atoms with Gasteiger partial charge in [0.25, 0.3) is 0 Å². The van der Waals surface area contributed by atoms with Gasteiger partial charge >= 0.3 is 11.4 Å². The van der Waals surface area contributed by atoms with E-state index in [4.69, 9.17) is 22.8 Å². The third-order valence-corrected chi connectivity index (χ3v) is 4.29. The van der Waals surface area contributed by atoms with E-state index in [-0.39, 0.29) is 12.5 Å². The predicted octanol–water partition coefficient (Wildman–Crippen LogP) is -1.18. The highest BCUT2D eigenvalue weighted by atomic mass is 35.5. The average Bonchev–Trinajstić information content (AvgIpc) is 3.06. The number of halogens is 1. The smallest absolute Gasteiger partial charge is 0.350 e. The normalized spacial score (nSPS) is 39.6. The minimum Gasteiger partial charge on any atom is -0.393 e. The molecule has 1 aliphatic heterocycles. The van der Waals surface area contributed by atoms with Crippen molar-refractivity contribution >= 4 is 11.6 Å². The Kier molecular flexibility index (Phi) is 2.41. The van der Waals surface area contributed by atoms with Crippen molar-refractivity contribution < 1.29 is 9.84 Å². The number of H-pyrrole nitrogens is 1. The molecule has 2 N–H and O–H groups in total. The van der Waals surface area contributed by atoms with Gasteiger partial charge in [-0.3, -0.25) is 9.55 Å². The van der Waals surface area contributed by atoms with Crippen molar-refractivity contribution in [2.24, 2.45) is 5.92 Å². The number of alkyl halides is 1. The molecule has 2 heterocycles. The molecule has 8 heteroatoms. The summed E-state index contributed by atoms with van der Waals surface area (Å²) in [7, 11) is 0. The highest BCUT2D eigenvalue weighted by Gasteiger charge is 2.74. The average molecular weight is 284 g/mol. The van der Waals surface area contributed by atoms with Crippen LogP contribution in [0.1, 0.15) is 12.6 Å². The molecule has 0 amide bonds. The van der Waals surface area contributed by atoms with Crippen LogP contribution in [-0.2, 0) is 4.74 Å². The van der Waals surface area contributed by atoms with E-state index in [0.29, 0.717) is 6.42 Å². The summed E-state index contributed by atoms with van der Waals surface area (Å²) < 4.78 is 6.70. The van der Waals surface area contributed by atoms with Crippen LogP contribution in [0.15, 0.2) is 15.9 Å². The van der Waals surface area contributed by atoms with Gasteiger partial charge in [0.2, 0.25) is 0 Å². The van der Waals surface area contributed by atoms with Crippen LogP contribution in [0.5, 0.6) is 0 Å². The number of aromatic amines is 1. The van der Waals surface area contributed by atoms with Crippen LogP contribution in [0, 0.1) is 18.3 Å². The van der Waals surface area contributed by atoms with Crippen LogP contribution in [0.4, 0.5) is 0 Å². The number of rotatable bonds is 2. The number of nitrogens with zero attached hydrogens (tertiary/aromatic N) is 2. The summed E-state index contributed by atoms with van der Waals surface area (Å²) in [6.07, 6.45) is 6.06. The maximum Gasteiger partial charge on any atom is 0.350 e. The van der Waals surface area contributed by atoms with Gasteiger partial charge in [-0.15, -0.1) is 6.42 Å². The third kappa shape index (κ3) is 1.51. The lowest BCUT2D eigenvalue weighted by Gasteiger charge is -2.26. The Morgan fingerprint density at radius 1 is 1.74 bits per heavy atom. The zero-order valence-electron chi connectivity index (χ0n) is 9.67. The van der Waals surface area contributed by atoms with E-state index in [1.165, 1.54) is 0 Å². The maximum atomic E-state index is 11.7. The molecule has 3 unspecified atom stereocenters. The van der Waals surface area contributed by atoms with Crippen LogP contribution in [0.2, 0.25) is 0 Å². The molecule has 1 aromatic heterocycles. The molecular weight excluding hydrogens is 274 g/mol. The Morgan fingerprint density at radius 3 is 3.05 bits per heavy atom. The Hall–Kier alpha value is -1.62. The van der Waals surface area contributed by atoms with E-state index >= 15 is 0 Å². The number of nitrogens with one attached hydrogen (secondary N) is 1. The summed E-state index contributed by atoms with van der Waals surface area (Å²) in [6.45, 7) is -0.226. The molecule has 0 spiro atoms. The van der Waals surface area contributed by atoms with Gasteiger partial charge in [0.1, 0.15) is 11.9 Å². The Labute approximate surface area is 112 Å². The summed E-state index contributed by atoms with van der Waals surface area (Å²) in [5.74, 6) is 2.20. The second-order valence-electron chi connectivity index (χ2n) is 4.75. The lowest BCUT2D eigenvalue weighted by Crippen LogP contribution is -2.41. The van der Waals surface area contributed by atoms with Gasteiger partial charge in [0, 0.05) is 5.92 Å². The molecule has 3 rings (SSSR count). The van der Waals surface area contributed by atoms with Crippen molar-refractivity contribution in [1.29, 1.82) is 0 Å². The summed E-state index contributed by atoms with van der Waals surface area (Å²) in [5.41, 5.74) is -2.27. The van der Waals surface area contributed by atoms with Gasteiger partial charge in [-0.05, 0) is 6.42 Å². The van der Waals surface area contributed by atoms with Crippen molar-refractivity contribution in [3.05, 3.63) is 27.3 Å². The van der Waals surface area contributed by atoms with Gasteiger partial charge in [-0.2, -0.15) is 4.98 Å². The van der Waals surface area contributed by atoms with Crippen molar-refractivity contribution in [2.45, 2.75) is 23.1 Å². The number of hydrogen-bond acceptors (Lipinski definition) is 5. The SMILES string of the molecule is C#CC1(Cl)C2CC2(CO)O[C@H]1n1cnc(=O)[nH]c1=O. The Morgan fingerprint density at radius 2 is 2.47 bits per heavy atom. The number of ether oxygens (including phenoxy) is 1. The first kappa shape index (κ1) is 12.4. The Balaban J connectivity index is 2.09. The minimum absolute atomic E-state index is 0.226. The molecule has 1 saturated carbocycles. The second kappa shape index (κ2) is 3.70. The van der Waals surface area contributed by atoms with Crippen molar-refractivity contribution in [1.82, 2.24) is 14.5 Å². The van der Waals surface area contributed by atoms with Gasteiger partial charge in [0.15, 0.2) is 11.1 Å². The summed E-state index contributed by atoms with van der Waals surface area (Å²) in [6, 6.07) is 0. The number of aromatic nitrogens is 3. The lowest BCUT2D eigenvalue weighted by atomic mass is 10.0. The van der Waals surface area contributed by atoms with Crippen molar-refractivity contribution in [2.75, 3.05) is 6.61 Å². The number of terminal acetylenes is 1. The Bertz CT molecular complexity index is 692. The van der Waals surface area contributed by atoms with Gasteiger partial charge in [-0.25, -0.2) is 9.59 Å². The van der Waals surface area contributed by atoms with E-state index < -0.39 is 28.1 Å². The minimum atomic E-state index is -1.24. The molecule has 0 bridgehead atoms. The summed E-state index contributed by atoms with van der Waals surface area (Å²) >= 11 is 6.38. The van der Waals surface area contributed by atoms with Crippen LogP contribution in [-0.4, -0.2) is 36.7 Å². The quantitative estimate of drug-likeness (QED) is 0.526. The van der Waals surface area contributed by atoms with E-state index in [1.54, 1.807) is 0 Å². The van der Waals surface area contributed by atoms with Gasteiger partial charge in [-0.1, -0.05) is 17.5 Å². The first-order valence-electron chi connectivity index (χ1n) is 5.60. The first-order chi connectivity index (χ1) is 8.97. The molecular formula is C11H10ClN3O4. The van der Waals surface area contributed by atoms with Crippen LogP contribution in [0.3, 0.4) is 0 Å². The second-order valence-corrected chi connectivity index (χ2v) is 5.37. The third-order valence-electron chi connectivity index (χ3n) is 3.73. The number of aliphatic hydroxyl groups excluding tert-OH is 1.